The van der Waals surface area contributed by atoms with Gasteiger partial charge in [0.1, 0.15) is 5.82 Å². The van der Waals surface area contributed by atoms with E-state index in [-0.39, 0.29) is 11.1 Å². The van der Waals surface area contributed by atoms with Gasteiger partial charge in [-0.05, 0) is 42.5 Å². The average Bonchev–Trinajstić information content (AvgIpc) is 2.67. The second kappa shape index (κ2) is 7.93. The van der Waals surface area contributed by atoms with Crippen LogP contribution in [0.1, 0.15) is 21.5 Å². The average molecular weight is 368 g/mol. The normalized spacial score (nSPS) is 11.3. The Labute approximate surface area is 155 Å². The number of ketones is 1. The first-order valence-corrected chi connectivity index (χ1v) is 8.25. The third-order valence-electron chi connectivity index (χ3n) is 3.76. The molecule has 0 aromatic heterocycles. The van der Waals surface area contributed by atoms with Crippen LogP contribution in [-0.2, 0) is 4.74 Å². The summed E-state index contributed by atoms with van der Waals surface area (Å²) >= 11 is 6.05. The Morgan fingerprint density at radius 1 is 0.962 bits per heavy atom. The van der Waals surface area contributed by atoms with Crippen molar-refractivity contribution in [1.29, 1.82) is 0 Å². The quantitative estimate of drug-likeness (QED) is 0.350. The van der Waals surface area contributed by atoms with E-state index in [2.05, 4.69) is 4.99 Å². The Hall–Kier alpha value is -2.98. The highest BCUT2D eigenvalue weighted by Gasteiger charge is 2.18. The van der Waals surface area contributed by atoms with Crippen molar-refractivity contribution in [3.8, 4) is 0 Å². The summed E-state index contributed by atoms with van der Waals surface area (Å²) in [6.45, 7) is 0. The molecule has 3 rings (SSSR count). The molecule has 0 atom stereocenters. The van der Waals surface area contributed by atoms with E-state index >= 15 is 0 Å². The standard InChI is InChI=1S/C21H15ClFNO2/c1-26-21(14-7-3-2-4-8-14)24-19-12-11-15(22)13-17(19)20(25)16-9-5-6-10-18(16)23/h2-13H,1H3. The fourth-order valence-electron chi connectivity index (χ4n) is 2.50. The molecule has 26 heavy (non-hydrogen) atoms. The van der Waals surface area contributed by atoms with E-state index in [0.717, 1.165) is 5.56 Å². The largest absolute Gasteiger partial charge is 0.481 e. The first-order chi connectivity index (χ1) is 12.6. The number of carbonyl (C=O) groups excluding carboxylic acids is 1. The molecule has 0 aliphatic carbocycles. The minimum Gasteiger partial charge on any atom is -0.481 e. The lowest BCUT2D eigenvalue weighted by atomic mass is 10.0. The van der Waals surface area contributed by atoms with Gasteiger partial charge in [0.05, 0.1) is 18.4 Å². The Morgan fingerprint density at radius 2 is 1.65 bits per heavy atom. The van der Waals surface area contributed by atoms with Crippen LogP contribution in [0.2, 0.25) is 5.02 Å². The predicted molar refractivity (Wildman–Crippen MR) is 101 cm³/mol. The summed E-state index contributed by atoms with van der Waals surface area (Å²) in [5, 5.41) is 0.363. The van der Waals surface area contributed by atoms with Crippen LogP contribution in [0.4, 0.5) is 10.1 Å². The Morgan fingerprint density at radius 3 is 2.35 bits per heavy atom. The van der Waals surface area contributed by atoms with Crippen molar-refractivity contribution in [3.63, 3.8) is 0 Å². The highest BCUT2D eigenvalue weighted by Crippen LogP contribution is 2.27. The first-order valence-electron chi connectivity index (χ1n) is 7.87. The molecule has 3 nitrogen and oxygen atoms in total. The first kappa shape index (κ1) is 17.8. The molecule has 0 heterocycles. The second-order valence-electron chi connectivity index (χ2n) is 5.46. The van der Waals surface area contributed by atoms with Gasteiger partial charge in [0.15, 0.2) is 5.78 Å². The number of ether oxygens (including phenoxy) is 1. The van der Waals surface area contributed by atoms with Crippen molar-refractivity contribution in [2.75, 3.05) is 7.11 Å². The molecular formula is C21H15ClFNO2. The SMILES string of the molecule is COC(=Nc1ccc(Cl)cc1C(=O)c1ccccc1F)c1ccccc1. The van der Waals surface area contributed by atoms with Crippen molar-refractivity contribution >= 4 is 29.0 Å². The maximum absolute atomic E-state index is 14.0. The van der Waals surface area contributed by atoms with Gasteiger partial charge in [0.25, 0.3) is 0 Å². The lowest BCUT2D eigenvalue weighted by Gasteiger charge is -2.09. The zero-order chi connectivity index (χ0) is 18.5. The van der Waals surface area contributed by atoms with Crippen molar-refractivity contribution < 1.29 is 13.9 Å². The molecule has 0 saturated heterocycles. The van der Waals surface area contributed by atoms with Crippen LogP contribution in [0.5, 0.6) is 0 Å². The number of hydrogen-bond donors (Lipinski definition) is 0. The molecule has 130 valence electrons. The fourth-order valence-corrected chi connectivity index (χ4v) is 2.67. The lowest BCUT2D eigenvalue weighted by Crippen LogP contribution is -2.07. The summed E-state index contributed by atoms with van der Waals surface area (Å²) in [5.41, 5.74) is 1.27. The van der Waals surface area contributed by atoms with E-state index in [0.29, 0.717) is 16.6 Å². The summed E-state index contributed by atoms with van der Waals surface area (Å²) in [5.74, 6) is -0.745. The van der Waals surface area contributed by atoms with Crippen LogP contribution < -0.4 is 0 Å². The van der Waals surface area contributed by atoms with E-state index in [1.54, 1.807) is 18.2 Å². The van der Waals surface area contributed by atoms with Gasteiger partial charge < -0.3 is 4.74 Å². The van der Waals surface area contributed by atoms with E-state index < -0.39 is 11.6 Å². The molecule has 0 radical (unpaired) electrons. The smallest absolute Gasteiger partial charge is 0.221 e. The molecule has 0 aliphatic rings. The van der Waals surface area contributed by atoms with Gasteiger partial charge >= 0.3 is 0 Å². The summed E-state index contributed by atoms with van der Waals surface area (Å²) < 4.78 is 19.4. The molecule has 0 spiro atoms. The maximum atomic E-state index is 14.0. The maximum Gasteiger partial charge on any atom is 0.221 e. The van der Waals surface area contributed by atoms with Gasteiger partial charge in [-0.2, -0.15) is 0 Å². The summed E-state index contributed by atoms with van der Waals surface area (Å²) in [6, 6.07) is 19.8. The van der Waals surface area contributed by atoms with Crippen LogP contribution in [0, 0.1) is 5.82 Å². The summed E-state index contributed by atoms with van der Waals surface area (Å²) in [4.78, 5) is 17.3. The van der Waals surface area contributed by atoms with Gasteiger partial charge in [-0.15, -0.1) is 0 Å². The zero-order valence-corrected chi connectivity index (χ0v) is 14.7. The van der Waals surface area contributed by atoms with Crippen LogP contribution in [0.3, 0.4) is 0 Å². The zero-order valence-electron chi connectivity index (χ0n) is 13.9. The Balaban J connectivity index is 2.11. The Bertz CT molecular complexity index is 971. The molecular weight excluding hydrogens is 353 g/mol. The predicted octanol–water partition coefficient (Wildman–Crippen LogP) is 5.43. The van der Waals surface area contributed by atoms with Crippen LogP contribution in [0.15, 0.2) is 77.8 Å². The molecule has 3 aromatic rings. The highest BCUT2D eigenvalue weighted by atomic mass is 35.5. The van der Waals surface area contributed by atoms with Gasteiger partial charge in [0.2, 0.25) is 5.90 Å². The van der Waals surface area contributed by atoms with E-state index in [9.17, 15) is 9.18 Å². The molecule has 0 amide bonds. The molecule has 0 bridgehead atoms. The molecule has 0 N–H and O–H groups in total. The summed E-state index contributed by atoms with van der Waals surface area (Å²) in [6.07, 6.45) is 0. The topological polar surface area (TPSA) is 38.7 Å². The lowest BCUT2D eigenvalue weighted by molar-refractivity contribution is 0.103. The monoisotopic (exact) mass is 367 g/mol. The van der Waals surface area contributed by atoms with Crippen LogP contribution in [-0.4, -0.2) is 18.8 Å². The van der Waals surface area contributed by atoms with Crippen molar-refractivity contribution in [2.24, 2.45) is 4.99 Å². The number of hydrogen-bond acceptors (Lipinski definition) is 3. The molecule has 5 heteroatoms. The minimum absolute atomic E-state index is 0.0371. The Kier molecular flexibility index (Phi) is 5.44. The van der Waals surface area contributed by atoms with Crippen molar-refractivity contribution in [3.05, 3.63) is 100 Å². The third-order valence-corrected chi connectivity index (χ3v) is 3.99. The van der Waals surface area contributed by atoms with Gasteiger partial charge in [-0.25, -0.2) is 9.38 Å². The number of benzene rings is 3. The molecule has 0 unspecified atom stereocenters. The van der Waals surface area contributed by atoms with Gasteiger partial charge in [-0.3, -0.25) is 4.79 Å². The van der Waals surface area contributed by atoms with E-state index in [4.69, 9.17) is 16.3 Å². The number of halogens is 2. The summed E-state index contributed by atoms with van der Waals surface area (Å²) in [7, 11) is 1.50. The molecule has 0 fully saturated rings. The number of rotatable bonds is 4. The second-order valence-corrected chi connectivity index (χ2v) is 5.89. The van der Waals surface area contributed by atoms with Gasteiger partial charge in [-0.1, -0.05) is 41.9 Å². The number of aliphatic imine (C=N–C) groups is 1. The minimum atomic E-state index is -0.595. The van der Waals surface area contributed by atoms with Crippen LogP contribution in [0.25, 0.3) is 0 Å². The third kappa shape index (κ3) is 3.81. The van der Waals surface area contributed by atoms with Crippen molar-refractivity contribution in [1.82, 2.24) is 0 Å². The van der Waals surface area contributed by atoms with Crippen LogP contribution >= 0.6 is 11.6 Å². The number of methoxy groups -OCH3 is 1. The number of carbonyl (C=O) groups is 1. The highest BCUT2D eigenvalue weighted by molar-refractivity contribution is 6.31. The number of nitrogens with zero attached hydrogens (tertiary/aromatic N) is 1. The van der Waals surface area contributed by atoms with Gasteiger partial charge in [0, 0.05) is 16.1 Å². The van der Waals surface area contributed by atoms with Crippen molar-refractivity contribution in [2.45, 2.75) is 0 Å². The molecule has 0 aliphatic heterocycles. The fraction of sp³-hybridized carbons (Fsp3) is 0.0476. The van der Waals surface area contributed by atoms with E-state index in [1.807, 2.05) is 30.3 Å². The molecule has 3 aromatic carbocycles. The van der Waals surface area contributed by atoms with E-state index in [1.165, 1.54) is 31.4 Å². The molecule has 0 saturated carbocycles.